The predicted molar refractivity (Wildman–Crippen MR) is 70.5 cm³/mol. The number of rotatable bonds is 4. The first kappa shape index (κ1) is 15.1. The Labute approximate surface area is 115 Å². The van der Waals surface area contributed by atoms with E-state index in [0.29, 0.717) is 13.1 Å². The average Bonchev–Trinajstić information content (AvgIpc) is 2.85. The van der Waals surface area contributed by atoms with Gasteiger partial charge in [-0.05, 0) is 12.1 Å². The summed E-state index contributed by atoms with van der Waals surface area (Å²) in [5.74, 6) is -0.794. The Hall–Kier alpha value is -1.92. The number of benzene rings is 1. The van der Waals surface area contributed by atoms with Crippen LogP contribution in [0.2, 0.25) is 0 Å². The van der Waals surface area contributed by atoms with E-state index in [0.717, 1.165) is 6.39 Å². The van der Waals surface area contributed by atoms with Gasteiger partial charge in [0.1, 0.15) is 5.82 Å². The predicted octanol–water partition coefficient (Wildman–Crippen LogP) is 1.59. The van der Waals surface area contributed by atoms with Crippen LogP contribution in [0.15, 0.2) is 35.1 Å². The van der Waals surface area contributed by atoms with Gasteiger partial charge in [-0.1, -0.05) is 12.1 Å². The molecule has 0 spiro atoms. The number of aromatic nitrogens is 1. The van der Waals surface area contributed by atoms with E-state index in [1.54, 1.807) is 12.1 Å². The molecule has 0 fully saturated rings. The molecule has 19 heavy (non-hydrogen) atoms. The van der Waals surface area contributed by atoms with Crippen LogP contribution < -0.4 is 11.1 Å². The first-order chi connectivity index (χ1) is 8.74. The van der Waals surface area contributed by atoms with Crippen molar-refractivity contribution in [3.05, 3.63) is 42.2 Å². The molecule has 1 heterocycles. The summed E-state index contributed by atoms with van der Waals surface area (Å²) in [5.41, 5.74) is 5.54. The van der Waals surface area contributed by atoms with Crippen LogP contribution in [-0.4, -0.2) is 24.0 Å². The van der Waals surface area contributed by atoms with E-state index in [1.807, 2.05) is 0 Å². The first-order valence-corrected chi connectivity index (χ1v) is 5.40. The molecule has 1 amide bonds. The van der Waals surface area contributed by atoms with Crippen molar-refractivity contribution in [2.24, 2.45) is 5.73 Å². The van der Waals surface area contributed by atoms with Gasteiger partial charge in [-0.15, -0.1) is 12.4 Å². The Morgan fingerprint density at radius 3 is 2.84 bits per heavy atom. The lowest BCUT2D eigenvalue weighted by molar-refractivity contribution is 0.0950. The van der Waals surface area contributed by atoms with Crippen molar-refractivity contribution in [3.8, 4) is 11.3 Å². The van der Waals surface area contributed by atoms with Crippen molar-refractivity contribution in [1.29, 1.82) is 0 Å². The van der Waals surface area contributed by atoms with E-state index in [9.17, 15) is 9.18 Å². The molecule has 0 aliphatic rings. The van der Waals surface area contributed by atoms with Gasteiger partial charge in [-0.25, -0.2) is 9.37 Å². The molecule has 1 aromatic carbocycles. The Bertz CT molecular complexity index is 559. The zero-order valence-corrected chi connectivity index (χ0v) is 10.7. The number of carbonyl (C=O) groups is 1. The highest BCUT2D eigenvalue weighted by atomic mass is 35.5. The maximum atomic E-state index is 13.6. The third-order valence-corrected chi connectivity index (χ3v) is 2.33. The van der Waals surface area contributed by atoms with Gasteiger partial charge in [0.25, 0.3) is 5.91 Å². The van der Waals surface area contributed by atoms with Gasteiger partial charge in [0.15, 0.2) is 17.8 Å². The topological polar surface area (TPSA) is 81.1 Å². The van der Waals surface area contributed by atoms with Crippen LogP contribution in [0.1, 0.15) is 10.5 Å². The van der Waals surface area contributed by atoms with Crippen molar-refractivity contribution >= 4 is 18.3 Å². The highest BCUT2D eigenvalue weighted by Crippen LogP contribution is 2.25. The number of hydrogen-bond donors (Lipinski definition) is 2. The van der Waals surface area contributed by atoms with Crippen molar-refractivity contribution in [3.63, 3.8) is 0 Å². The van der Waals surface area contributed by atoms with E-state index in [1.165, 1.54) is 12.1 Å². The van der Waals surface area contributed by atoms with Crippen LogP contribution in [0.3, 0.4) is 0 Å². The minimum Gasteiger partial charge on any atom is -0.443 e. The summed E-state index contributed by atoms with van der Waals surface area (Å²) in [7, 11) is 0. The SMILES string of the molecule is Cl.NCCNC(=O)c1ncoc1-c1ccccc1F. The second-order valence-corrected chi connectivity index (χ2v) is 3.55. The maximum Gasteiger partial charge on any atom is 0.273 e. The van der Waals surface area contributed by atoms with Crippen molar-refractivity contribution in [2.45, 2.75) is 0 Å². The fraction of sp³-hybridized carbons (Fsp3) is 0.167. The van der Waals surface area contributed by atoms with Crippen LogP contribution in [0, 0.1) is 5.82 Å². The Kier molecular flexibility index (Phi) is 5.47. The lowest BCUT2D eigenvalue weighted by Crippen LogP contribution is -2.29. The third-order valence-electron chi connectivity index (χ3n) is 2.33. The summed E-state index contributed by atoms with van der Waals surface area (Å²) in [4.78, 5) is 15.6. The summed E-state index contributed by atoms with van der Waals surface area (Å²) < 4.78 is 18.7. The molecule has 0 radical (unpaired) electrons. The third kappa shape index (κ3) is 3.30. The number of nitrogens with zero attached hydrogens (tertiary/aromatic N) is 1. The molecule has 0 aliphatic carbocycles. The molecule has 0 aliphatic heterocycles. The molecule has 2 rings (SSSR count). The number of hydrogen-bond acceptors (Lipinski definition) is 4. The Morgan fingerprint density at radius 2 is 2.16 bits per heavy atom. The second-order valence-electron chi connectivity index (χ2n) is 3.55. The normalized spacial score (nSPS) is 9.79. The summed E-state index contributed by atoms with van der Waals surface area (Å²) in [6.07, 6.45) is 1.11. The average molecular weight is 286 g/mol. The van der Waals surface area contributed by atoms with Crippen LogP contribution in [0.5, 0.6) is 0 Å². The minimum atomic E-state index is -0.470. The molecule has 0 bridgehead atoms. The van der Waals surface area contributed by atoms with Crippen LogP contribution in [-0.2, 0) is 0 Å². The number of oxazole rings is 1. The number of nitrogens with one attached hydrogen (secondary N) is 1. The van der Waals surface area contributed by atoms with Crippen LogP contribution in [0.4, 0.5) is 4.39 Å². The highest BCUT2D eigenvalue weighted by molar-refractivity contribution is 5.97. The molecular formula is C12H13ClFN3O2. The molecule has 0 unspecified atom stereocenters. The fourth-order valence-electron chi connectivity index (χ4n) is 1.51. The van der Waals surface area contributed by atoms with Gasteiger partial charge in [0.05, 0.1) is 5.56 Å². The summed E-state index contributed by atoms with van der Waals surface area (Å²) >= 11 is 0. The van der Waals surface area contributed by atoms with Crippen LogP contribution >= 0.6 is 12.4 Å². The van der Waals surface area contributed by atoms with Gasteiger partial charge in [-0.2, -0.15) is 0 Å². The number of amides is 1. The van der Waals surface area contributed by atoms with Gasteiger partial charge in [0, 0.05) is 13.1 Å². The smallest absolute Gasteiger partial charge is 0.273 e. The van der Waals surface area contributed by atoms with Gasteiger partial charge >= 0.3 is 0 Å². The van der Waals surface area contributed by atoms with E-state index >= 15 is 0 Å². The molecule has 0 saturated carbocycles. The molecule has 0 atom stereocenters. The number of carbonyl (C=O) groups excluding carboxylic acids is 1. The number of halogens is 2. The lowest BCUT2D eigenvalue weighted by atomic mass is 10.1. The van der Waals surface area contributed by atoms with E-state index in [4.69, 9.17) is 10.2 Å². The molecule has 7 heteroatoms. The summed E-state index contributed by atoms with van der Waals surface area (Å²) in [6.45, 7) is 0.640. The zero-order valence-electron chi connectivity index (χ0n) is 9.93. The lowest BCUT2D eigenvalue weighted by Gasteiger charge is -2.03. The quantitative estimate of drug-likeness (QED) is 0.894. The monoisotopic (exact) mass is 285 g/mol. The molecule has 3 N–H and O–H groups in total. The molecular weight excluding hydrogens is 273 g/mol. The highest BCUT2D eigenvalue weighted by Gasteiger charge is 2.19. The standard InChI is InChI=1S/C12H12FN3O2.ClH/c13-9-4-2-1-3-8(9)11-10(16-7-18-11)12(17)15-6-5-14;/h1-4,7H,5-6,14H2,(H,15,17);1H. The van der Waals surface area contributed by atoms with E-state index < -0.39 is 11.7 Å². The maximum absolute atomic E-state index is 13.6. The minimum absolute atomic E-state index is 0. The molecule has 2 aromatic rings. The summed E-state index contributed by atoms with van der Waals surface area (Å²) in [5, 5.41) is 2.56. The zero-order chi connectivity index (χ0) is 13.0. The molecule has 0 saturated heterocycles. The van der Waals surface area contributed by atoms with E-state index in [-0.39, 0.29) is 29.4 Å². The second kappa shape index (κ2) is 6.86. The van der Waals surface area contributed by atoms with Crippen LogP contribution in [0.25, 0.3) is 11.3 Å². The van der Waals surface area contributed by atoms with Crippen molar-refractivity contribution < 1.29 is 13.6 Å². The van der Waals surface area contributed by atoms with Gasteiger partial charge < -0.3 is 15.5 Å². The van der Waals surface area contributed by atoms with Gasteiger partial charge in [0.2, 0.25) is 0 Å². The summed E-state index contributed by atoms with van der Waals surface area (Å²) in [6, 6.07) is 6.03. The molecule has 1 aromatic heterocycles. The Balaban J connectivity index is 0.00000180. The number of nitrogens with two attached hydrogens (primary N) is 1. The largest absolute Gasteiger partial charge is 0.443 e. The van der Waals surface area contributed by atoms with Gasteiger partial charge in [-0.3, -0.25) is 4.79 Å². The first-order valence-electron chi connectivity index (χ1n) is 5.40. The molecule has 102 valence electrons. The molecule has 5 nitrogen and oxygen atoms in total. The fourth-order valence-corrected chi connectivity index (χ4v) is 1.51. The van der Waals surface area contributed by atoms with Crippen molar-refractivity contribution in [1.82, 2.24) is 10.3 Å². The Morgan fingerprint density at radius 1 is 1.42 bits per heavy atom. The van der Waals surface area contributed by atoms with E-state index in [2.05, 4.69) is 10.3 Å². The van der Waals surface area contributed by atoms with Crippen molar-refractivity contribution in [2.75, 3.05) is 13.1 Å².